The van der Waals surface area contributed by atoms with Crippen molar-refractivity contribution in [2.45, 2.75) is 57.5 Å². The zero-order valence-corrected chi connectivity index (χ0v) is 14.5. The third-order valence-corrected chi connectivity index (χ3v) is 5.17. The number of nitrogens with zero attached hydrogens (tertiary/aromatic N) is 4. The molecule has 130 valence electrons. The Morgan fingerprint density at radius 2 is 2.13 bits per heavy atom. The maximum Gasteiger partial charge on any atom is 0.229 e. The molecule has 1 saturated heterocycles. The molecule has 0 bridgehead atoms. The third-order valence-electron chi connectivity index (χ3n) is 5.17. The van der Waals surface area contributed by atoms with Crippen molar-refractivity contribution < 1.29 is 9.63 Å². The Morgan fingerprint density at radius 1 is 1.35 bits per heavy atom. The summed E-state index contributed by atoms with van der Waals surface area (Å²) in [5.74, 6) is 1.93. The van der Waals surface area contributed by atoms with Crippen LogP contribution in [0.1, 0.15) is 57.2 Å². The summed E-state index contributed by atoms with van der Waals surface area (Å²) in [6.07, 6.45) is 4.66. The monoisotopic (exact) mass is 322 g/mol. The van der Waals surface area contributed by atoms with Crippen molar-refractivity contribution in [1.82, 2.24) is 19.9 Å². The molecule has 2 aliphatic rings. The number of hydrogen-bond donors (Lipinski definition) is 1. The second-order valence-corrected chi connectivity index (χ2v) is 7.13. The van der Waals surface area contributed by atoms with E-state index in [1.807, 2.05) is 0 Å². The Morgan fingerprint density at radius 3 is 2.83 bits per heavy atom. The molecule has 0 amide bonds. The van der Waals surface area contributed by atoms with Gasteiger partial charge in [0.05, 0.1) is 12.0 Å². The number of aromatic nitrogens is 2. The number of rotatable bonds is 8. The number of β-amino-alcohol motifs (C(OH)–C–C–N with tert-alkyl or cyclic N) is 1. The number of aliphatic hydroxyl groups is 1. The summed E-state index contributed by atoms with van der Waals surface area (Å²) in [6.45, 7) is 10.4. The Kier molecular flexibility index (Phi) is 5.34. The standard InChI is InChI=1S/C17H30N4O2/c1-3-20(4-2)10-11-21-9-5-8-17(22,13-21)12-15-18-16(19-23-15)14-6-7-14/h14,22H,3-13H2,1-2H3. The molecule has 6 nitrogen and oxygen atoms in total. The summed E-state index contributed by atoms with van der Waals surface area (Å²) >= 11 is 0. The molecule has 6 heteroatoms. The van der Waals surface area contributed by atoms with Gasteiger partial charge in [0.1, 0.15) is 0 Å². The van der Waals surface area contributed by atoms with E-state index in [0.717, 1.165) is 51.4 Å². The molecule has 1 aromatic rings. The summed E-state index contributed by atoms with van der Waals surface area (Å²) < 4.78 is 5.35. The van der Waals surface area contributed by atoms with Gasteiger partial charge < -0.3 is 14.5 Å². The number of likely N-dealkylation sites (tertiary alicyclic amines) is 1. The Hall–Kier alpha value is -0.980. The highest BCUT2D eigenvalue weighted by atomic mass is 16.5. The van der Waals surface area contributed by atoms with Gasteiger partial charge in [-0.2, -0.15) is 4.98 Å². The lowest BCUT2D eigenvalue weighted by Crippen LogP contribution is -2.51. The SMILES string of the molecule is CCN(CC)CCN1CCCC(O)(Cc2nc(C3CC3)no2)C1. The highest BCUT2D eigenvalue weighted by Gasteiger charge is 2.36. The predicted molar refractivity (Wildman–Crippen MR) is 88.4 cm³/mol. The van der Waals surface area contributed by atoms with Crippen LogP contribution >= 0.6 is 0 Å². The molecule has 1 unspecified atom stereocenters. The van der Waals surface area contributed by atoms with E-state index in [-0.39, 0.29) is 0 Å². The Labute approximate surface area is 138 Å². The lowest BCUT2D eigenvalue weighted by atomic mass is 9.89. The van der Waals surface area contributed by atoms with Crippen molar-refractivity contribution in [3.8, 4) is 0 Å². The van der Waals surface area contributed by atoms with Crippen LogP contribution in [0.3, 0.4) is 0 Å². The van der Waals surface area contributed by atoms with E-state index in [4.69, 9.17) is 4.52 Å². The first-order chi connectivity index (χ1) is 11.1. The van der Waals surface area contributed by atoms with Gasteiger partial charge in [-0.25, -0.2) is 0 Å². The van der Waals surface area contributed by atoms with Crippen LogP contribution in [-0.4, -0.2) is 69.9 Å². The maximum atomic E-state index is 11.0. The zero-order valence-electron chi connectivity index (χ0n) is 14.5. The summed E-state index contributed by atoms with van der Waals surface area (Å²) in [7, 11) is 0. The minimum absolute atomic E-state index is 0.481. The highest BCUT2D eigenvalue weighted by molar-refractivity contribution is 5.05. The normalized spacial score (nSPS) is 26.1. The van der Waals surface area contributed by atoms with Gasteiger partial charge in [0.15, 0.2) is 5.82 Å². The van der Waals surface area contributed by atoms with Crippen LogP contribution in [0.5, 0.6) is 0 Å². The quantitative estimate of drug-likeness (QED) is 0.785. The smallest absolute Gasteiger partial charge is 0.229 e. The fourth-order valence-electron chi connectivity index (χ4n) is 3.49. The van der Waals surface area contributed by atoms with Gasteiger partial charge in [-0.3, -0.25) is 4.90 Å². The number of hydrogen-bond acceptors (Lipinski definition) is 6. The van der Waals surface area contributed by atoms with Crippen molar-refractivity contribution >= 4 is 0 Å². The topological polar surface area (TPSA) is 65.6 Å². The molecule has 0 radical (unpaired) electrons. The predicted octanol–water partition coefficient (Wildman–Crippen LogP) is 1.66. The lowest BCUT2D eigenvalue weighted by Gasteiger charge is -2.39. The van der Waals surface area contributed by atoms with Gasteiger partial charge in [0.2, 0.25) is 5.89 Å². The molecule has 1 atom stereocenters. The van der Waals surface area contributed by atoms with Gasteiger partial charge in [-0.15, -0.1) is 0 Å². The molecule has 1 aliphatic carbocycles. The molecule has 3 rings (SSSR count). The molecule has 1 aromatic heterocycles. The Balaban J connectivity index is 1.52. The zero-order chi connectivity index (χ0) is 16.3. The second-order valence-electron chi connectivity index (χ2n) is 7.13. The molecular formula is C17H30N4O2. The first-order valence-corrected chi connectivity index (χ1v) is 9.11. The van der Waals surface area contributed by atoms with Crippen LogP contribution in [0.4, 0.5) is 0 Å². The average Bonchev–Trinajstić information content (AvgIpc) is 3.29. The van der Waals surface area contributed by atoms with Crippen molar-refractivity contribution in [2.75, 3.05) is 39.3 Å². The van der Waals surface area contributed by atoms with Gasteiger partial charge in [0, 0.05) is 25.6 Å². The van der Waals surface area contributed by atoms with Crippen molar-refractivity contribution in [3.63, 3.8) is 0 Å². The van der Waals surface area contributed by atoms with E-state index in [2.05, 4.69) is 33.8 Å². The van der Waals surface area contributed by atoms with E-state index < -0.39 is 5.60 Å². The largest absolute Gasteiger partial charge is 0.388 e. The minimum Gasteiger partial charge on any atom is -0.388 e. The molecule has 0 aromatic carbocycles. The number of likely N-dealkylation sites (N-methyl/N-ethyl adjacent to an activating group) is 1. The van der Waals surface area contributed by atoms with E-state index >= 15 is 0 Å². The molecule has 2 fully saturated rings. The first-order valence-electron chi connectivity index (χ1n) is 9.11. The van der Waals surface area contributed by atoms with Crippen LogP contribution < -0.4 is 0 Å². The fourth-order valence-corrected chi connectivity index (χ4v) is 3.49. The summed E-state index contributed by atoms with van der Waals surface area (Å²) in [6, 6.07) is 0. The molecule has 0 spiro atoms. The van der Waals surface area contributed by atoms with Gasteiger partial charge in [-0.05, 0) is 45.3 Å². The Bertz CT molecular complexity index is 499. The van der Waals surface area contributed by atoms with Crippen LogP contribution in [0.25, 0.3) is 0 Å². The summed E-state index contributed by atoms with van der Waals surface area (Å²) in [5, 5.41) is 15.0. The van der Waals surface area contributed by atoms with Gasteiger partial charge >= 0.3 is 0 Å². The van der Waals surface area contributed by atoms with Gasteiger partial charge in [0.25, 0.3) is 0 Å². The average molecular weight is 322 g/mol. The van der Waals surface area contributed by atoms with Crippen LogP contribution in [0.15, 0.2) is 4.52 Å². The molecule has 1 aliphatic heterocycles. The second kappa shape index (κ2) is 7.28. The molecular weight excluding hydrogens is 292 g/mol. The lowest BCUT2D eigenvalue weighted by molar-refractivity contribution is -0.0364. The van der Waals surface area contributed by atoms with Crippen LogP contribution in [-0.2, 0) is 6.42 Å². The summed E-state index contributed by atoms with van der Waals surface area (Å²) in [5.41, 5.74) is -0.727. The van der Waals surface area contributed by atoms with Crippen molar-refractivity contribution in [3.05, 3.63) is 11.7 Å². The van der Waals surface area contributed by atoms with Crippen LogP contribution in [0.2, 0.25) is 0 Å². The fraction of sp³-hybridized carbons (Fsp3) is 0.882. The van der Waals surface area contributed by atoms with E-state index in [9.17, 15) is 5.11 Å². The molecule has 1 saturated carbocycles. The summed E-state index contributed by atoms with van der Waals surface area (Å²) in [4.78, 5) is 9.27. The highest BCUT2D eigenvalue weighted by Crippen LogP contribution is 2.38. The minimum atomic E-state index is -0.727. The first kappa shape index (κ1) is 16.9. The van der Waals surface area contributed by atoms with E-state index in [1.165, 1.54) is 12.8 Å². The number of piperidine rings is 1. The van der Waals surface area contributed by atoms with E-state index in [0.29, 0.717) is 24.8 Å². The van der Waals surface area contributed by atoms with Crippen molar-refractivity contribution in [1.29, 1.82) is 0 Å². The van der Waals surface area contributed by atoms with E-state index in [1.54, 1.807) is 0 Å². The maximum absolute atomic E-state index is 11.0. The molecule has 23 heavy (non-hydrogen) atoms. The van der Waals surface area contributed by atoms with Crippen molar-refractivity contribution in [2.24, 2.45) is 0 Å². The van der Waals surface area contributed by atoms with Crippen LogP contribution in [0, 0.1) is 0 Å². The van der Waals surface area contributed by atoms with Gasteiger partial charge in [-0.1, -0.05) is 19.0 Å². The molecule has 2 heterocycles. The third kappa shape index (κ3) is 4.52. The molecule has 1 N–H and O–H groups in total.